The second-order valence-electron chi connectivity index (χ2n) is 10.8. The number of nitrogens with zero attached hydrogens (tertiary/aromatic N) is 2. The van der Waals surface area contributed by atoms with Gasteiger partial charge in [-0.1, -0.05) is 75.2 Å². The minimum absolute atomic E-state index is 0.279. The molecule has 0 aliphatic heterocycles. The Morgan fingerprint density at radius 3 is 1.50 bits per heavy atom. The van der Waals surface area contributed by atoms with Crippen LogP contribution >= 0.6 is 0 Å². The second-order valence-corrected chi connectivity index (χ2v) is 10.8. The van der Waals surface area contributed by atoms with Gasteiger partial charge in [-0.25, -0.2) is 14.6 Å². The largest absolute Gasteiger partial charge is 0.422 e. The third-order valence-corrected chi connectivity index (χ3v) is 7.86. The van der Waals surface area contributed by atoms with Crippen LogP contribution in [-0.4, -0.2) is 9.97 Å². The topological polar surface area (TPSA) is 86.2 Å². The molecule has 0 spiro atoms. The summed E-state index contributed by atoms with van der Waals surface area (Å²) in [5, 5.41) is 5.77. The van der Waals surface area contributed by atoms with E-state index in [4.69, 9.17) is 13.8 Å². The van der Waals surface area contributed by atoms with Crippen molar-refractivity contribution in [2.75, 3.05) is 0 Å². The molecule has 0 radical (unpaired) electrons. The van der Waals surface area contributed by atoms with Crippen LogP contribution in [0.5, 0.6) is 0 Å². The summed E-state index contributed by atoms with van der Waals surface area (Å²) in [4.78, 5) is 35.3. The van der Waals surface area contributed by atoms with Crippen molar-refractivity contribution in [1.29, 1.82) is 0 Å². The standard InChI is InChI=1S/C36H28N2O4/c1-3-5-21-7-11-25-23(15-21)9-13-33-27(25)17-29(35(39)41-33)31-19-37-20-32(38-31)30-18-28-26-12-8-22(6-4-2)16-24(26)10-14-34(28)42-36(30)40/h7-20H,3-6H2,1-2H3. The van der Waals surface area contributed by atoms with E-state index in [2.05, 4.69) is 55.2 Å². The maximum Gasteiger partial charge on any atom is 0.345 e. The summed E-state index contributed by atoms with van der Waals surface area (Å²) in [6, 6.07) is 24.0. The summed E-state index contributed by atoms with van der Waals surface area (Å²) in [6.45, 7) is 4.32. The van der Waals surface area contributed by atoms with Crippen molar-refractivity contribution in [2.24, 2.45) is 0 Å². The summed E-state index contributed by atoms with van der Waals surface area (Å²) >= 11 is 0. The van der Waals surface area contributed by atoms with E-state index in [1.807, 2.05) is 24.3 Å². The zero-order valence-corrected chi connectivity index (χ0v) is 23.4. The van der Waals surface area contributed by atoms with Gasteiger partial charge >= 0.3 is 11.3 Å². The zero-order chi connectivity index (χ0) is 28.8. The fourth-order valence-corrected chi connectivity index (χ4v) is 5.83. The molecule has 6 heteroatoms. The first kappa shape index (κ1) is 25.8. The lowest BCUT2D eigenvalue weighted by atomic mass is 10.00. The Morgan fingerprint density at radius 2 is 1.05 bits per heavy atom. The first-order valence-electron chi connectivity index (χ1n) is 14.3. The molecule has 0 unspecified atom stereocenters. The fourth-order valence-electron chi connectivity index (χ4n) is 5.83. The summed E-state index contributed by atoms with van der Waals surface area (Å²) in [5.74, 6) is 0. The lowest BCUT2D eigenvalue weighted by Crippen LogP contribution is -2.07. The van der Waals surface area contributed by atoms with Gasteiger partial charge in [-0.15, -0.1) is 0 Å². The maximum atomic E-state index is 13.1. The van der Waals surface area contributed by atoms with Crippen LogP contribution < -0.4 is 11.3 Å². The van der Waals surface area contributed by atoms with E-state index in [1.54, 1.807) is 12.1 Å². The van der Waals surface area contributed by atoms with Crippen LogP contribution in [0.25, 0.3) is 66.0 Å². The predicted molar refractivity (Wildman–Crippen MR) is 168 cm³/mol. The first-order chi connectivity index (χ1) is 20.5. The second kappa shape index (κ2) is 10.4. The number of fused-ring (bicyclic) bond motifs is 6. The van der Waals surface area contributed by atoms with Crippen molar-refractivity contribution in [3.63, 3.8) is 0 Å². The van der Waals surface area contributed by atoms with Gasteiger partial charge in [0.2, 0.25) is 0 Å². The molecule has 0 amide bonds. The normalized spacial score (nSPS) is 11.7. The minimum atomic E-state index is -0.518. The molecule has 0 saturated carbocycles. The first-order valence-corrected chi connectivity index (χ1v) is 14.3. The average molecular weight is 553 g/mol. The molecule has 7 aromatic rings. The summed E-state index contributed by atoms with van der Waals surface area (Å²) in [5.41, 5.74) is 3.72. The molecule has 0 N–H and O–H groups in total. The van der Waals surface area contributed by atoms with Gasteiger partial charge in [0, 0.05) is 10.8 Å². The van der Waals surface area contributed by atoms with E-state index in [-0.39, 0.29) is 11.1 Å². The molecule has 3 heterocycles. The van der Waals surface area contributed by atoms with Crippen molar-refractivity contribution in [3.05, 3.63) is 117 Å². The van der Waals surface area contributed by atoms with Gasteiger partial charge in [0.1, 0.15) is 11.2 Å². The molecule has 0 fully saturated rings. The van der Waals surface area contributed by atoms with Gasteiger partial charge in [0.15, 0.2) is 0 Å². The van der Waals surface area contributed by atoms with Crippen molar-refractivity contribution in [2.45, 2.75) is 39.5 Å². The molecule has 0 aliphatic carbocycles. The van der Waals surface area contributed by atoms with Gasteiger partial charge < -0.3 is 8.83 Å². The number of benzene rings is 4. The molecule has 0 saturated heterocycles. The van der Waals surface area contributed by atoms with Crippen LogP contribution in [0.1, 0.15) is 37.8 Å². The molecule has 0 bridgehead atoms. The monoisotopic (exact) mass is 552 g/mol. The SMILES string of the molecule is CCCc1ccc2c(ccc3oc(=O)c(-c4cncc(-c5cc6c(ccc7cc(CCC)ccc76)oc5=O)n4)cc32)c1. The van der Waals surface area contributed by atoms with E-state index in [1.165, 1.54) is 23.5 Å². The number of rotatable bonds is 6. The number of hydrogen-bond acceptors (Lipinski definition) is 6. The van der Waals surface area contributed by atoms with Crippen LogP contribution in [0.15, 0.2) is 104 Å². The van der Waals surface area contributed by atoms with Crippen LogP contribution in [0.2, 0.25) is 0 Å². The molecule has 7 rings (SSSR count). The third kappa shape index (κ3) is 4.45. The van der Waals surface area contributed by atoms with Crippen LogP contribution in [0.3, 0.4) is 0 Å². The van der Waals surface area contributed by atoms with Crippen molar-refractivity contribution < 1.29 is 8.83 Å². The highest BCUT2D eigenvalue weighted by Crippen LogP contribution is 2.31. The molecular formula is C36H28N2O4. The molecule has 0 aliphatic rings. The Bertz CT molecular complexity index is 2120. The molecule has 206 valence electrons. The van der Waals surface area contributed by atoms with E-state index in [0.717, 1.165) is 58.0 Å². The summed E-state index contributed by atoms with van der Waals surface area (Å²) < 4.78 is 11.5. The van der Waals surface area contributed by atoms with E-state index in [0.29, 0.717) is 22.6 Å². The molecular weight excluding hydrogens is 524 g/mol. The fraction of sp³-hybridized carbons (Fsp3) is 0.167. The van der Waals surface area contributed by atoms with Gasteiger partial charge in [-0.05, 0) is 69.8 Å². The van der Waals surface area contributed by atoms with Crippen LogP contribution in [0.4, 0.5) is 0 Å². The van der Waals surface area contributed by atoms with E-state index >= 15 is 0 Å². The Morgan fingerprint density at radius 1 is 0.571 bits per heavy atom. The van der Waals surface area contributed by atoms with Gasteiger partial charge in [-0.3, -0.25) is 4.98 Å². The van der Waals surface area contributed by atoms with Gasteiger partial charge in [0.25, 0.3) is 0 Å². The highest BCUT2D eigenvalue weighted by molar-refractivity contribution is 6.07. The van der Waals surface area contributed by atoms with Crippen molar-refractivity contribution in [1.82, 2.24) is 9.97 Å². The van der Waals surface area contributed by atoms with Gasteiger partial charge in [0.05, 0.1) is 34.9 Å². The van der Waals surface area contributed by atoms with Crippen LogP contribution in [-0.2, 0) is 12.8 Å². The maximum absolute atomic E-state index is 13.1. The average Bonchev–Trinajstić information content (AvgIpc) is 3.00. The summed E-state index contributed by atoms with van der Waals surface area (Å²) in [6.07, 6.45) is 7.17. The molecule has 4 aromatic carbocycles. The highest BCUT2D eigenvalue weighted by Gasteiger charge is 2.16. The smallest absolute Gasteiger partial charge is 0.345 e. The molecule has 3 aromatic heterocycles. The Labute approximate surface area is 241 Å². The van der Waals surface area contributed by atoms with Crippen LogP contribution in [0, 0.1) is 0 Å². The third-order valence-electron chi connectivity index (χ3n) is 7.86. The number of aryl methyl sites for hydroxylation is 2. The summed E-state index contributed by atoms with van der Waals surface area (Å²) in [7, 11) is 0. The minimum Gasteiger partial charge on any atom is -0.422 e. The Hall–Kier alpha value is -5.10. The van der Waals surface area contributed by atoms with Crippen molar-refractivity contribution >= 4 is 43.5 Å². The lowest BCUT2D eigenvalue weighted by Gasteiger charge is -2.09. The predicted octanol–water partition coefficient (Wildman–Crippen LogP) is 8.23. The van der Waals surface area contributed by atoms with Crippen molar-refractivity contribution in [3.8, 4) is 22.5 Å². The van der Waals surface area contributed by atoms with E-state index < -0.39 is 11.3 Å². The zero-order valence-electron chi connectivity index (χ0n) is 23.4. The molecule has 0 atom stereocenters. The lowest BCUT2D eigenvalue weighted by molar-refractivity contribution is 0.563. The quantitative estimate of drug-likeness (QED) is 0.153. The molecule has 6 nitrogen and oxygen atoms in total. The van der Waals surface area contributed by atoms with E-state index in [9.17, 15) is 9.59 Å². The Kier molecular flexibility index (Phi) is 6.39. The number of aromatic nitrogens is 2. The van der Waals surface area contributed by atoms with Gasteiger partial charge in [-0.2, -0.15) is 0 Å². The highest BCUT2D eigenvalue weighted by atomic mass is 16.4. The Balaban J connectivity index is 1.36. The number of hydrogen-bond donors (Lipinski definition) is 0. The molecule has 42 heavy (non-hydrogen) atoms.